The number of anilines is 1. The van der Waals surface area contributed by atoms with Crippen LogP contribution in [0.4, 0.5) is 10.1 Å². The summed E-state index contributed by atoms with van der Waals surface area (Å²) in [5.74, 6) is 0.611. The maximum Gasteiger partial charge on any atom is 0.146 e. The second-order valence-corrected chi connectivity index (χ2v) is 9.99. The van der Waals surface area contributed by atoms with E-state index in [-0.39, 0.29) is 11.1 Å². The van der Waals surface area contributed by atoms with E-state index in [1.165, 1.54) is 18.9 Å². The third-order valence-electron chi connectivity index (χ3n) is 5.91. The minimum Gasteiger partial charge on any atom is -0.377 e. The Hall–Kier alpha value is -0.780. The summed E-state index contributed by atoms with van der Waals surface area (Å²) in [5, 5.41) is 0.227. The van der Waals surface area contributed by atoms with Crippen LogP contribution in [0, 0.1) is 17.2 Å². The Kier molecular flexibility index (Phi) is 7.09. The van der Waals surface area contributed by atoms with Crippen molar-refractivity contribution in [1.82, 2.24) is 4.90 Å². The molecule has 27 heavy (non-hydrogen) atoms. The Morgan fingerprint density at radius 2 is 1.89 bits per heavy atom. The fourth-order valence-electron chi connectivity index (χ4n) is 4.86. The number of ether oxygens (including phenoxy) is 1. The van der Waals surface area contributed by atoms with Crippen molar-refractivity contribution in [3.05, 3.63) is 30.1 Å². The predicted molar refractivity (Wildman–Crippen MR) is 114 cm³/mol. The van der Waals surface area contributed by atoms with E-state index < -0.39 is 0 Å². The van der Waals surface area contributed by atoms with E-state index in [0.29, 0.717) is 18.1 Å². The van der Waals surface area contributed by atoms with E-state index in [0.717, 1.165) is 50.7 Å². The minimum absolute atomic E-state index is 0.129. The summed E-state index contributed by atoms with van der Waals surface area (Å²) in [5.41, 5.74) is 1.11. The summed E-state index contributed by atoms with van der Waals surface area (Å²) < 4.78 is 20.2. The van der Waals surface area contributed by atoms with E-state index in [4.69, 9.17) is 17.4 Å². The van der Waals surface area contributed by atoms with Crippen LogP contribution in [0.1, 0.15) is 40.0 Å². The highest BCUT2D eigenvalue weighted by Crippen LogP contribution is 2.39. The molecule has 3 nitrogen and oxygen atoms in total. The summed E-state index contributed by atoms with van der Waals surface area (Å²) in [4.78, 5) is 4.56. The van der Waals surface area contributed by atoms with Crippen LogP contribution in [0.3, 0.4) is 0 Å². The lowest BCUT2D eigenvalue weighted by Gasteiger charge is -2.39. The van der Waals surface area contributed by atoms with E-state index in [1.54, 1.807) is 6.07 Å². The molecule has 2 fully saturated rings. The first-order valence-electron chi connectivity index (χ1n) is 10.3. The van der Waals surface area contributed by atoms with Crippen LogP contribution in [0.15, 0.2) is 24.3 Å². The molecule has 5 heteroatoms. The molecule has 0 amide bonds. The molecule has 0 aromatic heterocycles. The van der Waals surface area contributed by atoms with Gasteiger partial charge >= 0.3 is 0 Å². The van der Waals surface area contributed by atoms with Crippen LogP contribution in [0.25, 0.3) is 0 Å². The lowest BCUT2D eigenvalue weighted by Crippen LogP contribution is -2.48. The SMILES string of the molecule is CC1CC(OCC(S)CN2CCN(c3ccccc3F)CC2)CC(C)(C)C1. The molecule has 1 aromatic rings. The third-order valence-corrected chi connectivity index (χ3v) is 6.22. The molecule has 0 bridgehead atoms. The monoisotopic (exact) mass is 394 g/mol. The van der Waals surface area contributed by atoms with Gasteiger partial charge in [0.15, 0.2) is 0 Å². The number of hydrogen-bond donors (Lipinski definition) is 1. The van der Waals surface area contributed by atoms with Crippen LogP contribution in [0.2, 0.25) is 0 Å². The van der Waals surface area contributed by atoms with Crippen molar-refractivity contribution in [3.63, 3.8) is 0 Å². The molecule has 0 N–H and O–H groups in total. The van der Waals surface area contributed by atoms with Gasteiger partial charge in [-0.25, -0.2) is 4.39 Å². The van der Waals surface area contributed by atoms with Crippen LogP contribution in [0.5, 0.6) is 0 Å². The second-order valence-electron chi connectivity index (χ2n) is 9.26. The van der Waals surface area contributed by atoms with Gasteiger partial charge in [0.2, 0.25) is 0 Å². The number of rotatable bonds is 6. The molecule has 0 spiro atoms. The maximum absolute atomic E-state index is 14.0. The fraction of sp³-hybridized carbons (Fsp3) is 0.727. The van der Waals surface area contributed by atoms with E-state index in [2.05, 4.69) is 30.6 Å². The molecule has 3 rings (SSSR count). The van der Waals surface area contributed by atoms with Crippen molar-refractivity contribution >= 4 is 18.3 Å². The molecule has 1 saturated heterocycles. The van der Waals surface area contributed by atoms with Gasteiger partial charge in [0.1, 0.15) is 5.82 Å². The first kappa shape index (κ1) is 20.9. The Labute approximate surface area is 169 Å². The molecule has 1 aliphatic heterocycles. The van der Waals surface area contributed by atoms with Crippen molar-refractivity contribution in [2.24, 2.45) is 11.3 Å². The average molecular weight is 395 g/mol. The van der Waals surface area contributed by atoms with Gasteiger partial charge in [-0.05, 0) is 42.7 Å². The molecule has 3 unspecified atom stereocenters. The highest BCUT2D eigenvalue weighted by atomic mass is 32.1. The zero-order valence-electron chi connectivity index (χ0n) is 17.0. The van der Waals surface area contributed by atoms with E-state index in [9.17, 15) is 4.39 Å². The predicted octanol–water partition coefficient (Wildman–Crippen LogP) is 4.48. The number of hydrogen-bond acceptors (Lipinski definition) is 4. The van der Waals surface area contributed by atoms with Crippen molar-refractivity contribution in [2.75, 3.05) is 44.2 Å². The van der Waals surface area contributed by atoms with Crippen molar-refractivity contribution < 1.29 is 9.13 Å². The van der Waals surface area contributed by atoms with Crippen molar-refractivity contribution in [1.29, 1.82) is 0 Å². The second kappa shape index (κ2) is 9.15. The molecular formula is C22H35FN2OS. The molecule has 1 aromatic carbocycles. The lowest BCUT2D eigenvalue weighted by molar-refractivity contribution is -0.0237. The van der Waals surface area contributed by atoms with Gasteiger partial charge in [0.05, 0.1) is 18.4 Å². The lowest BCUT2D eigenvalue weighted by atomic mass is 9.71. The third kappa shape index (κ3) is 6.10. The van der Waals surface area contributed by atoms with Crippen molar-refractivity contribution in [3.8, 4) is 0 Å². The molecule has 3 atom stereocenters. The number of benzene rings is 1. The van der Waals surface area contributed by atoms with E-state index >= 15 is 0 Å². The average Bonchev–Trinajstić information content (AvgIpc) is 2.60. The minimum atomic E-state index is -0.129. The molecule has 2 aliphatic rings. The number of nitrogens with zero attached hydrogens (tertiary/aromatic N) is 2. The standard InChI is InChI=1S/C22H35FN2OS/c1-17-12-18(14-22(2,3)13-17)26-16-19(27)15-24-8-10-25(11-9-24)21-7-5-4-6-20(21)23/h4-7,17-19,27H,8-16H2,1-3H3. The molecule has 1 heterocycles. The number of para-hydroxylation sites is 1. The summed E-state index contributed by atoms with van der Waals surface area (Å²) in [6, 6.07) is 7.05. The van der Waals surface area contributed by atoms with Gasteiger partial charge in [-0.1, -0.05) is 32.9 Å². The molecule has 1 aliphatic carbocycles. The smallest absolute Gasteiger partial charge is 0.146 e. The number of thiol groups is 1. The van der Waals surface area contributed by atoms with Crippen molar-refractivity contribution in [2.45, 2.75) is 51.4 Å². The molecular weight excluding hydrogens is 359 g/mol. The van der Waals surface area contributed by atoms with Gasteiger partial charge in [0, 0.05) is 38.0 Å². The molecule has 0 radical (unpaired) electrons. The van der Waals surface area contributed by atoms with E-state index in [1.807, 2.05) is 12.1 Å². The number of piperazine rings is 1. The van der Waals surface area contributed by atoms with Gasteiger partial charge in [0.25, 0.3) is 0 Å². The number of halogens is 1. The summed E-state index contributed by atoms with van der Waals surface area (Å²) in [6.07, 6.45) is 3.99. The Bertz CT molecular complexity index is 604. The van der Waals surface area contributed by atoms with Gasteiger partial charge in [-0.3, -0.25) is 4.90 Å². The Morgan fingerprint density at radius 3 is 2.56 bits per heavy atom. The molecule has 1 saturated carbocycles. The van der Waals surface area contributed by atoms with Gasteiger partial charge in [-0.15, -0.1) is 0 Å². The maximum atomic E-state index is 14.0. The van der Waals surface area contributed by atoms with Crippen LogP contribution in [-0.2, 0) is 4.74 Å². The fourth-order valence-corrected chi connectivity index (χ4v) is 5.18. The van der Waals surface area contributed by atoms with Gasteiger partial charge in [-0.2, -0.15) is 12.6 Å². The largest absolute Gasteiger partial charge is 0.377 e. The van der Waals surface area contributed by atoms with Crippen LogP contribution < -0.4 is 4.90 Å². The first-order chi connectivity index (χ1) is 12.8. The zero-order valence-corrected chi connectivity index (χ0v) is 17.9. The quantitative estimate of drug-likeness (QED) is 0.717. The van der Waals surface area contributed by atoms with Crippen LogP contribution in [-0.4, -0.2) is 55.6 Å². The summed E-state index contributed by atoms with van der Waals surface area (Å²) in [7, 11) is 0. The Balaban J connectivity index is 1.39. The topological polar surface area (TPSA) is 15.7 Å². The summed E-state index contributed by atoms with van der Waals surface area (Å²) in [6.45, 7) is 12.3. The zero-order chi connectivity index (χ0) is 19.4. The summed E-state index contributed by atoms with van der Waals surface area (Å²) >= 11 is 4.77. The van der Waals surface area contributed by atoms with Crippen LogP contribution >= 0.6 is 12.6 Å². The molecule has 152 valence electrons. The highest BCUT2D eigenvalue weighted by molar-refractivity contribution is 7.81. The van der Waals surface area contributed by atoms with Gasteiger partial charge < -0.3 is 9.64 Å². The Morgan fingerprint density at radius 1 is 1.19 bits per heavy atom. The first-order valence-corrected chi connectivity index (χ1v) is 10.9. The highest BCUT2D eigenvalue weighted by Gasteiger charge is 2.32. The normalized spacial score (nSPS) is 27.5.